The second kappa shape index (κ2) is 9.10. The molecule has 7 nitrogen and oxygen atoms in total. The van der Waals surface area contributed by atoms with E-state index in [0.29, 0.717) is 17.9 Å². The highest BCUT2D eigenvalue weighted by molar-refractivity contribution is 6.10. The Hall–Kier alpha value is -4.39. The molecule has 4 aromatic rings. The number of hydrogen-bond acceptors (Lipinski definition) is 4. The number of carbonyl (C=O) groups is 3. The van der Waals surface area contributed by atoms with Crippen LogP contribution in [-0.2, 0) is 28.2 Å². The van der Waals surface area contributed by atoms with Crippen molar-refractivity contribution >= 4 is 28.6 Å². The van der Waals surface area contributed by atoms with E-state index in [0.717, 1.165) is 21.2 Å². The number of nitrogens with zero attached hydrogens (tertiary/aromatic N) is 2. The predicted octanol–water partition coefficient (Wildman–Crippen LogP) is 4.43. The number of hydrogen-bond donors (Lipinski definition) is 1. The monoisotopic (exact) mass is 467 g/mol. The number of carbonyl (C=O) groups excluding carboxylic acids is 3. The fourth-order valence-electron chi connectivity index (χ4n) is 4.55. The van der Waals surface area contributed by atoms with Crippen LogP contribution in [0.25, 0.3) is 10.8 Å². The Labute approximate surface area is 202 Å². The zero-order valence-electron chi connectivity index (χ0n) is 19.3. The van der Waals surface area contributed by atoms with E-state index in [1.54, 1.807) is 30.2 Å². The van der Waals surface area contributed by atoms with Crippen LogP contribution < -0.4 is 5.32 Å². The summed E-state index contributed by atoms with van der Waals surface area (Å²) in [7, 11) is 0. The molecule has 35 heavy (non-hydrogen) atoms. The molecule has 1 aliphatic rings. The molecule has 2 heterocycles. The Morgan fingerprint density at radius 3 is 2.43 bits per heavy atom. The van der Waals surface area contributed by atoms with Crippen molar-refractivity contribution in [3.8, 4) is 0 Å². The van der Waals surface area contributed by atoms with Gasteiger partial charge in [0.1, 0.15) is 17.8 Å². The van der Waals surface area contributed by atoms with Crippen LogP contribution in [0.5, 0.6) is 0 Å². The fourth-order valence-corrected chi connectivity index (χ4v) is 4.55. The number of nitrogens with one attached hydrogen (secondary N) is 1. The number of benzene rings is 3. The van der Waals surface area contributed by atoms with E-state index in [1.165, 1.54) is 0 Å². The van der Waals surface area contributed by atoms with Gasteiger partial charge >= 0.3 is 6.03 Å². The Morgan fingerprint density at radius 2 is 1.66 bits per heavy atom. The van der Waals surface area contributed by atoms with Gasteiger partial charge in [-0.3, -0.25) is 14.5 Å². The van der Waals surface area contributed by atoms with E-state index in [-0.39, 0.29) is 19.0 Å². The Morgan fingerprint density at radius 1 is 0.914 bits per heavy atom. The maximum Gasteiger partial charge on any atom is 0.325 e. The van der Waals surface area contributed by atoms with Gasteiger partial charge in [0.25, 0.3) is 5.91 Å². The molecule has 1 aliphatic heterocycles. The lowest BCUT2D eigenvalue weighted by molar-refractivity contribution is -0.139. The van der Waals surface area contributed by atoms with E-state index >= 15 is 0 Å². The molecule has 0 saturated carbocycles. The summed E-state index contributed by atoms with van der Waals surface area (Å²) >= 11 is 0. The first-order chi connectivity index (χ1) is 17.0. The van der Waals surface area contributed by atoms with Gasteiger partial charge < -0.3 is 14.6 Å². The van der Waals surface area contributed by atoms with Gasteiger partial charge in [0.2, 0.25) is 5.91 Å². The standard InChI is InChI=1S/C28H25N3O4/c1-28(24-15-7-12-21-11-5-6-14-23(21)24)26(33)31(27(34)29-28)19-25(32)30(18-22-13-8-16-35-22)17-20-9-3-2-4-10-20/h2-16H,17-19H2,1H3,(H,29,34)/t28-/m1/s1. The average molecular weight is 468 g/mol. The first kappa shape index (κ1) is 22.4. The number of amides is 4. The van der Waals surface area contributed by atoms with Crippen LogP contribution in [0.2, 0.25) is 0 Å². The first-order valence-electron chi connectivity index (χ1n) is 11.4. The third-order valence-corrected chi connectivity index (χ3v) is 6.39. The Bertz CT molecular complexity index is 1380. The highest BCUT2D eigenvalue weighted by atomic mass is 16.3. The minimum Gasteiger partial charge on any atom is -0.467 e. The number of furan rings is 1. The summed E-state index contributed by atoms with van der Waals surface area (Å²) in [6.07, 6.45) is 1.55. The fraction of sp³-hybridized carbons (Fsp3) is 0.179. The van der Waals surface area contributed by atoms with E-state index in [1.807, 2.05) is 72.8 Å². The SMILES string of the molecule is C[C@]1(c2cccc3ccccc23)NC(=O)N(CC(=O)N(Cc2ccccc2)Cc2ccco2)C1=O. The van der Waals surface area contributed by atoms with E-state index in [9.17, 15) is 14.4 Å². The topological polar surface area (TPSA) is 82.9 Å². The minimum atomic E-state index is -1.27. The van der Waals surface area contributed by atoms with Crippen molar-refractivity contribution in [2.24, 2.45) is 0 Å². The quantitative estimate of drug-likeness (QED) is 0.408. The van der Waals surface area contributed by atoms with Crippen molar-refractivity contribution in [3.63, 3.8) is 0 Å². The molecular formula is C28H25N3O4. The van der Waals surface area contributed by atoms with Gasteiger partial charge in [-0.1, -0.05) is 72.8 Å². The molecule has 4 amide bonds. The molecule has 1 N–H and O–H groups in total. The van der Waals surface area contributed by atoms with Crippen LogP contribution >= 0.6 is 0 Å². The molecule has 7 heteroatoms. The second-order valence-electron chi connectivity index (χ2n) is 8.79. The minimum absolute atomic E-state index is 0.227. The molecule has 1 saturated heterocycles. The van der Waals surface area contributed by atoms with Crippen LogP contribution in [0.15, 0.2) is 95.6 Å². The highest BCUT2D eigenvalue weighted by Crippen LogP contribution is 2.33. The van der Waals surface area contributed by atoms with Gasteiger partial charge in [0.15, 0.2) is 0 Å². The zero-order chi connectivity index (χ0) is 24.4. The third kappa shape index (κ3) is 4.28. The van der Waals surface area contributed by atoms with Gasteiger partial charge in [-0.15, -0.1) is 0 Å². The van der Waals surface area contributed by atoms with Crippen molar-refractivity contribution in [1.82, 2.24) is 15.1 Å². The lowest BCUT2D eigenvalue weighted by Gasteiger charge is -2.26. The first-order valence-corrected chi connectivity index (χ1v) is 11.4. The van der Waals surface area contributed by atoms with Crippen molar-refractivity contribution in [2.45, 2.75) is 25.6 Å². The molecule has 1 aromatic heterocycles. The van der Waals surface area contributed by atoms with Crippen LogP contribution in [0.1, 0.15) is 23.8 Å². The number of urea groups is 1. The van der Waals surface area contributed by atoms with Crippen LogP contribution in [0.4, 0.5) is 4.79 Å². The molecule has 0 radical (unpaired) electrons. The number of rotatable bonds is 7. The summed E-state index contributed by atoms with van der Waals surface area (Å²) in [5.41, 5.74) is 0.356. The van der Waals surface area contributed by atoms with Gasteiger partial charge in [0, 0.05) is 6.54 Å². The van der Waals surface area contributed by atoms with Crippen molar-refractivity contribution in [3.05, 3.63) is 108 Å². The maximum absolute atomic E-state index is 13.6. The third-order valence-electron chi connectivity index (χ3n) is 6.39. The van der Waals surface area contributed by atoms with Crippen molar-refractivity contribution in [1.29, 1.82) is 0 Å². The van der Waals surface area contributed by atoms with Crippen molar-refractivity contribution < 1.29 is 18.8 Å². The lowest BCUT2D eigenvalue weighted by Crippen LogP contribution is -2.44. The van der Waals surface area contributed by atoms with E-state index in [2.05, 4.69) is 5.32 Å². The molecule has 0 bridgehead atoms. The molecule has 0 unspecified atom stereocenters. The van der Waals surface area contributed by atoms with Crippen LogP contribution in [0, 0.1) is 0 Å². The smallest absolute Gasteiger partial charge is 0.325 e. The molecule has 176 valence electrons. The highest BCUT2D eigenvalue weighted by Gasteiger charge is 2.50. The summed E-state index contributed by atoms with van der Waals surface area (Å²) in [6.45, 7) is 1.87. The summed E-state index contributed by atoms with van der Waals surface area (Å²) in [4.78, 5) is 42.5. The summed E-state index contributed by atoms with van der Waals surface area (Å²) in [5, 5.41) is 4.67. The molecule has 0 aliphatic carbocycles. The summed E-state index contributed by atoms with van der Waals surface area (Å²) in [5.74, 6) is -0.187. The van der Waals surface area contributed by atoms with Gasteiger partial charge in [-0.05, 0) is 41.0 Å². The summed E-state index contributed by atoms with van der Waals surface area (Å²) < 4.78 is 5.44. The van der Waals surface area contributed by atoms with E-state index in [4.69, 9.17) is 4.42 Å². The normalized spacial score (nSPS) is 17.6. The molecule has 1 fully saturated rings. The van der Waals surface area contributed by atoms with Crippen molar-refractivity contribution in [2.75, 3.05) is 6.54 Å². The van der Waals surface area contributed by atoms with Gasteiger partial charge in [-0.2, -0.15) is 0 Å². The lowest BCUT2D eigenvalue weighted by atomic mass is 9.88. The Balaban J connectivity index is 1.40. The average Bonchev–Trinajstić information content (AvgIpc) is 3.46. The molecule has 5 rings (SSSR count). The van der Waals surface area contributed by atoms with Crippen LogP contribution in [0.3, 0.4) is 0 Å². The predicted molar refractivity (Wildman–Crippen MR) is 131 cm³/mol. The molecule has 0 spiro atoms. The van der Waals surface area contributed by atoms with Gasteiger partial charge in [0.05, 0.1) is 12.8 Å². The summed E-state index contributed by atoms with van der Waals surface area (Å²) in [6, 6.07) is 25.9. The Kier molecular flexibility index (Phi) is 5.82. The number of fused-ring (bicyclic) bond motifs is 1. The van der Waals surface area contributed by atoms with E-state index < -0.39 is 17.5 Å². The second-order valence-corrected chi connectivity index (χ2v) is 8.79. The maximum atomic E-state index is 13.6. The molecule has 1 atom stereocenters. The largest absolute Gasteiger partial charge is 0.467 e. The van der Waals surface area contributed by atoms with Gasteiger partial charge in [-0.25, -0.2) is 4.79 Å². The molecule has 3 aromatic carbocycles. The molecular weight excluding hydrogens is 442 g/mol. The number of imide groups is 1. The van der Waals surface area contributed by atoms with Crippen LogP contribution in [-0.4, -0.2) is 34.2 Å². The zero-order valence-corrected chi connectivity index (χ0v) is 19.3.